The van der Waals surface area contributed by atoms with Crippen LogP contribution < -0.4 is 0 Å². The van der Waals surface area contributed by atoms with Gasteiger partial charge in [0.05, 0.1) is 17.1 Å². The monoisotopic (exact) mass is 419 g/mol. The van der Waals surface area contributed by atoms with Crippen LogP contribution in [0.25, 0.3) is 0 Å². The molecule has 2 heterocycles. The van der Waals surface area contributed by atoms with Crippen molar-refractivity contribution in [3.63, 3.8) is 0 Å². The maximum absolute atomic E-state index is 13.1. The zero-order valence-electron chi connectivity index (χ0n) is 16.3. The molecule has 2 aliphatic heterocycles. The topological polar surface area (TPSA) is 66.8 Å². The van der Waals surface area contributed by atoms with Crippen molar-refractivity contribution in [1.29, 1.82) is 0 Å². The Morgan fingerprint density at radius 3 is 2.75 bits per heavy atom. The molecule has 0 aliphatic carbocycles. The number of hydrogen-bond donors (Lipinski definition) is 1. The first-order chi connectivity index (χ1) is 13.2. The summed E-state index contributed by atoms with van der Waals surface area (Å²) in [5, 5.41) is 9.75. The number of thioether (sulfide) groups is 1. The lowest BCUT2D eigenvalue weighted by atomic mass is 9.79. The smallest absolute Gasteiger partial charge is 0.327 e. The van der Waals surface area contributed by atoms with Crippen molar-refractivity contribution < 1.29 is 19.4 Å². The van der Waals surface area contributed by atoms with Crippen LogP contribution in [0.4, 0.5) is 0 Å². The molecule has 1 N–H and O–H groups in total. The van der Waals surface area contributed by atoms with Crippen molar-refractivity contribution >= 4 is 40.2 Å². The number of amides is 1. The van der Waals surface area contributed by atoms with E-state index in [1.54, 1.807) is 0 Å². The molecule has 0 aromatic heterocycles. The van der Waals surface area contributed by atoms with E-state index in [1.165, 1.54) is 4.90 Å². The third kappa shape index (κ3) is 4.16. The van der Waals surface area contributed by atoms with Crippen LogP contribution >= 0.6 is 24.0 Å². The zero-order valence-corrected chi connectivity index (χ0v) is 17.9. The van der Waals surface area contributed by atoms with Gasteiger partial charge in [-0.2, -0.15) is 0 Å². The van der Waals surface area contributed by atoms with E-state index < -0.39 is 12.0 Å². The van der Waals surface area contributed by atoms with E-state index in [9.17, 15) is 14.7 Å². The Bertz CT molecular complexity index is 810. The summed E-state index contributed by atoms with van der Waals surface area (Å²) in [5.41, 5.74) is 0.804. The number of carbonyl (C=O) groups is 2. The van der Waals surface area contributed by atoms with Gasteiger partial charge in [-0.25, -0.2) is 4.79 Å². The molecule has 0 bridgehead atoms. The van der Waals surface area contributed by atoms with E-state index in [-0.39, 0.29) is 34.3 Å². The summed E-state index contributed by atoms with van der Waals surface area (Å²) in [5.74, 6) is -1.41. The summed E-state index contributed by atoms with van der Waals surface area (Å²) in [7, 11) is 0. The van der Waals surface area contributed by atoms with Crippen LogP contribution in [0.2, 0.25) is 0 Å². The third-order valence-electron chi connectivity index (χ3n) is 5.62. The Labute approximate surface area is 175 Å². The van der Waals surface area contributed by atoms with Gasteiger partial charge in [-0.05, 0) is 36.8 Å². The largest absolute Gasteiger partial charge is 0.480 e. The van der Waals surface area contributed by atoms with E-state index in [0.717, 1.165) is 30.2 Å². The Morgan fingerprint density at radius 2 is 2.14 bits per heavy atom. The molecule has 4 unspecified atom stereocenters. The first kappa shape index (κ1) is 21.0. The lowest BCUT2D eigenvalue weighted by Crippen LogP contribution is -2.45. The van der Waals surface area contributed by atoms with Gasteiger partial charge in [-0.15, -0.1) is 0 Å². The minimum absolute atomic E-state index is 0.0431. The number of aliphatic carboxylic acids is 1. The molecule has 2 aliphatic rings. The average Bonchev–Trinajstić information content (AvgIpc) is 3.09. The molecule has 0 saturated carbocycles. The van der Waals surface area contributed by atoms with Crippen molar-refractivity contribution in [3.8, 4) is 0 Å². The summed E-state index contributed by atoms with van der Waals surface area (Å²) in [4.78, 5) is 26.7. The first-order valence-corrected chi connectivity index (χ1v) is 10.7. The van der Waals surface area contributed by atoms with Crippen LogP contribution in [0.1, 0.15) is 39.2 Å². The quantitative estimate of drug-likeness (QED) is 0.555. The maximum atomic E-state index is 13.1. The lowest BCUT2D eigenvalue weighted by Gasteiger charge is -2.26. The van der Waals surface area contributed by atoms with E-state index >= 15 is 0 Å². The summed E-state index contributed by atoms with van der Waals surface area (Å²) in [6, 6.07) is 8.25. The van der Waals surface area contributed by atoms with E-state index in [4.69, 9.17) is 17.0 Å². The minimum atomic E-state index is -1.06. The standard InChI is InChI=1S/C21H25NO4S2/c1-4-21(3)12-13(2)26-17(21)11-16-18(23)22(20(27)28-16)15(19(24)25)10-14-8-6-5-7-9-14/h5-9,11,13,15,17H,4,10,12H2,1-3H3,(H,24,25)/b16-11+. The van der Waals surface area contributed by atoms with Crippen molar-refractivity contribution in [2.24, 2.45) is 5.41 Å². The molecule has 1 aromatic rings. The van der Waals surface area contributed by atoms with Crippen LogP contribution in [0.5, 0.6) is 0 Å². The second-order valence-electron chi connectivity index (χ2n) is 7.70. The lowest BCUT2D eigenvalue weighted by molar-refractivity contribution is -0.145. The number of benzene rings is 1. The molecule has 1 aromatic carbocycles. The number of nitrogens with zero attached hydrogens (tertiary/aromatic N) is 1. The van der Waals surface area contributed by atoms with Crippen molar-refractivity contribution in [2.45, 2.75) is 58.3 Å². The third-order valence-corrected chi connectivity index (χ3v) is 6.97. The fourth-order valence-electron chi connectivity index (χ4n) is 3.85. The Kier molecular flexibility index (Phi) is 6.27. The molecule has 3 rings (SSSR count). The van der Waals surface area contributed by atoms with E-state index in [2.05, 4.69) is 13.8 Å². The average molecular weight is 420 g/mol. The summed E-state index contributed by atoms with van der Waals surface area (Å²) in [6.07, 6.45) is 3.86. The van der Waals surface area contributed by atoms with Gasteiger partial charge in [0.1, 0.15) is 10.4 Å². The molecule has 4 atom stereocenters. The van der Waals surface area contributed by atoms with Crippen molar-refractivity contribution in [2.75, 3.05) is 0 Å². The molecule has 7 heteroatoms. The number of carboxylic acid groups (broad SMARTS) is 1. The normalized spacial score (nSPS) is 30.2. The van der Waals surface area contributed by atoms with Crippen LogP contribution in [-0.2, 0) is 20.7 Å². The molecule has 1 amide bonds. The van der Waals surface area contributed by atoms with Crippen molar-refractivity contribution in [1.82, 2.24) is 4.90 Å². The summed E-state index contributed by atoms with van der Waals surface area (Å²) >= 11 is 6.54. The Hall–Kier alpha value is -1.70. The van der Waals surface area contributed by atoms with Gasteiger partial charge >= 0.3 is 5.97 Å². The van der Waals surface area contributed by atoms with Gasteiger partial charge in [0.25, 0.3) is 5.91 Å². The SMILES string of the molecule is CCC1(C)CC(C)OC1/C=C1/SC(=S)N(C(Cc2ccccc2)C(=O)O)C1=O. The van der Waals surface area contributed by atoms with Gasteiger partial charge in [-0.1, -0.05) is 68.2 Å². The molecule has 2 saturated heterocycles. The second kappa shape index (κ2) is 8.35. The molecule has 5 nitrogen and oxygen atoms in total. The highest BCUT2D eigenvalue weighted by molar-refractivity contribution is 8.26. The van der Waals surface area contributed by atoms with Crippen LogP contribution in [0.15, 0.2) is 41.3 Å². The highest BCUT2D eigenvalue weighted by atomic mass is 32.2. The fourth-order valence-corrected chi connectivity index (χ4v) is 5.20. The Balaban J connectivity index is 1.85. The van der Waals surface area contributed by atoms with Crippen LogP contribution in [0, 0.1) is 5.41 Å². The second-order valence-corrected chi connectivity index (χ2v) is 9.37. The van der Waals surface area contributed by atoms with Gasteiger partial charge in [0.15, 0.2) is 0 Å². The van der Waals surface area contributed by atoms with Crippen LogP contribution in [0.3, 0.4) is 0 Å². The van der Waals surface area contributed by atoms with Crippen molar-refractivity contribution in [3.05, 3.63) is 46.9 Å². The van der Waals surface area contributed by atoms with Gasteiger partial charge in [0, 0.05) is 6.42 Å². The highest BCUT2D eigenvalue weighted by Gasteiger charge is 2.45. The van der Waals surface area contributed by atoms with Gasteiger partial charge in [-0.3, -0.25) is 9.69 Å². The molecule has 2 fully saturated rings. The van der Waals surface area contributed by atoms with Gasteiger partial charge in [0.2, 0.25) is 0 Å². The molecular weight excluding hydrogens is 394 g/mol. The summed E-state index contributed by atoms with van der Waals surface area (Å²) in [6.45, 7) is 6.31. The number of rotatable bonds is 6. The number of carboxylic acids is 1. The first-order valence-electron chi connectivity index (χ1n) is 9.44. The molecule has 150 valence electrons. The summed E-state index contributed by atoms with van der Waals surface area (Å²) < 4.78 is 6.31. The van der Waals surface area contributed by atoms with Gasteiger partial charge < -0.3 is 9.84 Å². The molecule has 28 heavy (non-hydrogen) atoms. The minimum Gasteiger partial charge on any atom is -0.480 e. The molecular formula is C21H25NO4S2. The van der Waals surface area contributed by atoms with Crippen LogP contribution in [-0.4, -0.2) is 44.5 Å². The number of ether oxygens (including phenoxy) is 1. The number of hydrogen-bond acceptors (Lipinski definition) is 5. The molecule has 0 spiro atoms. The zero-order chi connectivity index (χ0) is 20.5. The predicted molar refractivity (Wildman–Crippen MR) is 114 cm³/mol. The van der Waals surface area contributed by atoms with E-state index in [0.29, 0.717) is 4.91 Å². The fraction of sp³-hybridized carbons (Fsp3) is 0.476. The van der Waals surface area contributed by atoms with E-state index in [1.807, 2.05) is 43.3 Å². The highest BCUT2D eigenvalue weighted by Crippen LogP contribution is 2.44. The predicted octanol–water partition coefficient (Wildman–Crippen LogP) is 4.02. The Morgan fingerprint density at radius 1 is 1.46 bits per heavy atom. The number of carbonyl (C=O) groups excluding carboxylic acids is 1. The maximum Gasteiger partial charge on any atom is 0.327 e. The number of thiocarbonyl (C=S) groups is 1. The molecule has 0 radical (unpaired) electrons.